The van der Waals surface area contributed by atoms with Gasteiger partial charge in [0.15, 0.2) is 10.9 Å². The number of aryl methyl sites for hydroxylation is 1. The zero-order valence-corrected chi connectivity index (χ0v) is 12.8. The average molecular weight is 321 g/mol. The van der Waals surface area contributed by atoms with Gasteiger partial charge in [-0.25, -0.2) is 0 Å². The molecule has 0 aliphatic rings. The maximum Gasteiger partial charge on any atom is 0.187 e. The first kappa shape index (κ1) is 12.8. The van der Waals surface area contributed by atoms with Gasteiger partial charge in [0.25, 0.3) is 0 Å². The summed E-state index contributed by atoms with van der Waals surface area (Å²) in [5, 5.41) is 10.1. The van der Waals surface area contributed by atoms with Crippen LogP contribution in [0.5, 0.6) is 0 Å². The molecule has 0 radical (unpaired) electrons. The largest absolute Gasteiger partial charge is 0.289 e. The predicted octanol–water partition coefficient (Wildman–Crippen LogP) is 3.28. The van der Waals surface area contributed by atoms with Crippen LogP contribution in [0.25, 0.3) is 43.2 Å². The third-order valence-corrected chi connectivity index (χ3v) is 4.83. The van der Waals surface area contributed by atoms with Crippen LogP contribution in [0.2, 0.25) is 5.02 Å². The Hall–Kier alpha value is -2.72. The van der Waals surface area contributed by atoms with Crippen LogP contribution in [0.15, 0.2) is 46.1 Å². The van der Waals surface area contributed by atoms with E-state index in [4.69, 9.17) is 11.6 Å². The van der Waals surface area contributed by atoms with Crippen molar-refractivity contribution < 1.29 is 0 Å². The number of rotatable bonds is 0. The van der Waals surface area contributed by atoms with Crippen molar-refractivity contribution in [3.05, 3.63) is 62.0 Å². The van der Waals surface area contributed by atoms with E-state index in [0.29, 0.717) is 15.8 Å². The molecule has 0 unspecified atom stereocenters. The summed E-state index contributed by atoms with van der Waals surface area (Å²) in [5.74, 6) is 0. The Kier molecular flexibility index (Phi) is 2.21. The van der Waals surface area contributed by atoms with Crippen LogP contribution < -0.4 is 10.9 Å². The van der Waals surface area contributed by atoms with Crippen molar-refractivity contribution in [2.24, 2.45) is 7.05 Å². The van der Waals surface area contributed by atoms with Crippen LogP contribution in [0.4, 0.5) is 0 Å². The fourth-order valence-corrected chi connectivity index (χ4v) is 3.89. The molecule has 4 nitrogen and oxygen atoms in total. The van der Waals surface area contributed by atoms with Gasteiger partial charge in [0.1, 0.15) is 0 Å². The molecular formula is C18H9ClN2O2. The summed E-state index contributed by atoms with van der Waals surface area (Å²) in [6.07, 6.45) is 1.74. The minimum absolute atomic E-state index is 0.139. The summed E-state index contributed by atoms with van der Waals surface area (Å²) in [6, 6.07) is 8.25. The minimum atomic E-state index is -0.146. The number of halogens is 1. The Morgan fingerprint density at radius 2 is 1.57 bits per heavy atom. The second-order valence-electron chi connectivity index (χ2n) is 5.78. The lowest BCUT2D eigenvalue weighted by atomic mass is 9.88. The number of hydrogen-bond acceptors (Lipinski definition) is 3. The first-order valence-electron chi connectivity index (χ1n) is 7.16. The Balaban J connectivity index is 2.38. The van der Waals surface area contributed by atoms with Crippen molar-refractivity contribution in [2.45, 2.75) is 0 Å². The topological polar surface area (TPSA) is 52.0 Å². The lowest BCUT2D eigenvalue weighted by molar-refractivity contribution is 0.799. The molecule has 0 saturated carbocycles. The molecule has 23 heavy (non-hydrogen) atoms. The lowest BCUT2D eigenvalue weighted by Gasteiger charge is -2.14. The molecule has 110 valence electrons. The summed E-state index contributed by atoms with van der Waals surface area (Å²) in [4.78, 5) is 25.0. The van der Waals surface area contributed by atoms with Crippen LogP contribution >= 0.6 is 11.6 Å². The standard InChI is InChI=1S/C18H9ClN2O2/c1-21-18-11(7-20-21)14-10-6-8(19)2-3-9(10)15(18)17-13(23)5-4-12(22)16(14)17/h2-7H,1H3. The molecule has 0 spiro atoms. The second-order valence-corrected chi connectivity index (χ2v) is 6.22. The molecule has 0 atom stereocenters. The first-order valence-corrected chi connectivity index (χ1v) is 7.54. The van der Waals surface area contributed by atoms with Crippen molar-refractivity contribution in [3.8, 4) is 0 Å². The highest BCUT2D eigenvalue weighted by Gasteiger charge is 2.22. The van der Waals surface area contributed by atoms with Crippen LogP contribution in [-0.2, 0) is 7.05 Å². The highest BCUT2D eigenvalue weighted by atomic mass is 35.5. The smallest absolute Gasteiger partial charge is 0.187 e. The molecule has 0 fully saturated rings. The van der Waals surface area contributed by atoms with Gasteiger partial charge >= 0.3 is 0 Å². The molecule has 5 aromatic carbocycles. The van der Waals surface area contributed by atoms with Crippen molar-refractivity contribution >= 4 is 54.8 Å². The predicted molar refractivity (Wildman–Crippen MR) is 93.2 cm³/mol. The number of benzene rings is 5. The van der Waals surface area contributed by atoms with E-state index in [1.165, 1.54) is 12.1 Å². The third-order valence-electron chi connectivity index (χ3n) is 4.59. The molecule has 5 heteroatoms. The zero-order chi connectivity index (χ0) is 15.9. The van der Waals surface area contributed by atoms with Gasteiger partial charge in [-0.1, -0.05) is 17.7 Å². The molecule has 1 aromatic heterocycles. The maximum atomic E-state index is 12.5. The Morgan fingerprint density at radius 1 is 0.870 bits per heavy atom. The van der Waals surface area contributed by atoms with E-state index in [2.05, 4.69) is 5.10 Å². The van der Waals surface area contributed by atoms with Gasteiger partial charge in [0.05, 0.1) is 11.7 Å². The van der Waals surface area contributed by atoms with Crippen LogP contribution in [0.1, 0.15) is 0 Å². The van der Waals surface area contributed by atoms with Crippen LogP contribution in [0, 0.1) is 0 Å². The Bertz CT molecular complexity index is 1370. The third kappa shape index (κ3) is 1.39. The highest BCUT2D eigenvalue weighted by molar-refractivity contribution is 6.40. The van der Waals surface area contributed by atoms with Gasteiger partial charge in [-0.05, 0) is 35.0 Å². The van der Waals surface area contributed by atoms with E-state index < -0.39 is 0 Å². The molecule has 0 N–H and O–H groups in total. The SMILES string of the molecule is Cn1ncc2c3c4cc(Cl)ccc4c(c4c(=O)ccc(=O)c43)c21. The van der Waals surface area contributed by atoms with Crippen LogP contribution in [-0.4, -0.2) is 9.78 Å². The van der Waals surface area contributed by atoms with Crippen molar-refractivity contribution in [1.29, 1.82) is 0 Å². The fourth-order valence-electron chi connectivity index (χ4n) is 3.71. The first-order chi connectivity index (χ1) is 11.1. The van der Waals surface area contributed by atoms with E-state index in [-0.39, 0.29) is 10.9 Å². The number of aromatic nitrogens is 2. The molecule has 0 aliphatic carbocycles. The minimum Gasteiger partial charge on any atom is -0.289 e. The molecule has 0 aliphatic heterocycles. The Morgan fingerprint density at radius 3 is 2.30 bits per heavy atom. The maximum absolute atomic E-state index is 12.5. The van der Waals surface area contributed by atoms with Gasteiger partial charge < -0.3 is 0 Å². The quantitative estimate of drug-likeness (QED) is 0.411. The molecule has 0 amide bonds. The van der Waals surface area contributed by atoms with Gasteiger partial charge in [-0.15, -0.1) is 0 Å². The van der Waals surface area contributed by atoms with Gasteiger partial charge in [-0.2, -0.15) is 5.10 Å². The zero-order valence-electron chi connectivity index (χ0n) is 12.1. The monoisotopic (exact) mass is 320 g/mol. The Labute approximate surface area is 134 Å². The van der Waals surface area contributed by atoms with E-state index >= 15 is 0 Å². The van der Waals surface area contributed by atoms with E-state index in [1.54, 1.807) is 16.9 Å². The summed E-state index contributed by atoms with van der Waals surface area (Å²) in [6.45, 7) is 0. The second kappa shape index (κ2) is 3.97. The average Bonchev–Trinajstić information content (AvgIpc) is 2.93. The van der Waals surface area contributed by atoms with Crippen molar-refractivity contribution in [1.82, 2.24) is 9.78 Å². The summed E-state index contributed by atoms with van der Waals surface area (Å²) >= 11 is 6.16. The van der Waals surface area contributed by atoms with Crippen molar-refractivity contribution in [3.63, 3.8) is 0 Å². The molecule has 6 aromatic rings. The number of nitrogens with zero attached hydrogens (tertiary/aromatic N) is 2. The summed E-state index contributed by atoms with van der Waals surface area (Å²) < 4.78 is 1.75. The lowest BCUT2D eigenvalue weighted by Crippen LogP contribution is -2.11. The molecule has 1 heterocycles. The fraction of sp³-hybridized carbons (Fsp3) is 0.0556. The van der Waals surface area contributed by atoms with Crippen molar-refractivity contribution in [2.75, 3.05) is 0 Å². The van der Waals surface area contributed by atoms with E-state index in [9.17, 15) is 9.59 Å². The van der Waals surface area contributed by atoms with Gasteiger partial charge in [-0.3, -0.25) is 14.3 Å². The summed E-state index contributed by atoms with van der Waals surface area (Å²) in [7, 11) is 1.84. The number of hydrogen-bond donors (Lipinski definition) is 0. The highest BCUT2D eigenvalue weighted by Crippen LogP contribution is 2.42. The van der Waals surface area contributed by atoms with Gasteiger partial charge in [0, 0.05) is 39.0 Å². The van der Waals surface area contributed by atoms with E-state index in [1.807, 2.05) is 19.2 Å². The normalized spacial score (nSPS) is 12.3. The van der Waals surface area contributed by atoms with Gasteiger partial charge in [0.2, 0.25) is 0 Å². The van der Waals surface area contributed by atoms with E-state index in [0.717, 1.165) is 32.4 Å². The molecular weight excluding hydrogens is 312 g/mol. The van der Waals surface area contributed by atoms with Crippen LogP contribution in [0.3, 0.4) is 0 Å². The molecule has 6 rings (SSSR count). The summed E-state index contributed by atoms with van der Waals surface area (Å²) in [5.41, 5.74) is 0.594. The molecule has 2 bridgehead atoms. The molecule has 0 saturated heterocycles.